The van der Waals surface area contributed by atoms with Crippen molar-refractivity contribution in [2.75, 3.05) is 13.1 Å². The van der Waals surface area contributed by atoms with Crippen molar-refractivity contribution in [1.29, 1.82) is 0 Å². The first-order valence-electron chi connectivity index (χ1n) is 9.12. The minimum Gasteiger partial charge on any atom is -0.542 e. The molecular formula is C19H27F3N2O5. The van der Waals surface area contributed by atoms with Crippen molar-refractivity contribution in [1.82, 2.24) is 4.90 Å². The summed E-state index contributed by atoms with van der Waals surface area (Å²) in [5, 5.41) is 8.78. The van der Waals surface area contributed by atoms with Crippen LogP contribution in [0.3, 0.4) is 0 Å². The van der Waals surface area contributed by atoms with Crippen molar-refractivity contribution in [2.24, 2.45) is 0 Å². The molecule has 1 atom stereocenters. The molecule has 0 saturated carbocycles. The van der Waals surface area contributed by atoms with Crippen LogP contribution < -0.4 is 10.8 Å². The number of ether oxygens (including phenoxy) is 1. The van der Waals surface area contributed by atoms with E-state index in [1.807, 2.05) is 44.2 Å². The van der Waals surface area contributed by atoms with Gasteiger partial charge in [-0.2, -0.15) is 13.2 Å². The first-order valence-corrected chi connectivity index (χ1v) is 9.12. The number of benzene rings is 1. The molecule has 164 valence electrons. The third-order valence-electron chi connectivity index (χ3n) is 3.71. The molecule has 0 bridgehead atoms. The van der Waals surface area contributed by atoms with Gasteiger partial charge in [0.15, 0.2) is 6.04 Å². The summed E-state index contributed by atoms with van der Waals surface area (Å²) < 4.78 is 36.7. The number of nitrogens with zero attached hydrogens (tertiary/aromatic N) is 1. The molecule has 0 aliphatic heterocycles. The molecule has 7 nitrogen and oxygen atoms in total. The van der Waals surface area contributed by atoms with Crippen LogP contribution in [0.25, 0.3) is 0 Å². The molecule has 3 N–H and O–H groups in total. The molecular weight excluding hydrogens is 393 g/mol. The third kappa shape index (κ3) is 11.7. The maximum Gasteiger partial charge on any atom is 0.430 e. The van der Waals surface area contributed by atoms with E-state index in [9.17, 15) is 22.8 Å². The summed E-state index contributed by atoms with van der Waals surface area (Å²) in [4.78, 5) is 34.5. The van der Waals surface area contributed by atoms with Gasteiger partial charge in [-0.1, -0.05) is 37.3 Å². The van der Waals surface area contributed by atoms with Crippen LogP contribution in [0.4, 0.5) is 13.2 Å². The topological polar surface area (TPSA) is 114 Å². The van der Waals surface area contributed by atoms with Gasteiger partial charge in [-0.25, -0.2) is 0 Å². The number of carbonyl (C=O) groups is 3. The summed E-state index contributed by atoms with van der Waals surface area (Å²) in [6.07, 6.45) is -3.63. The quantitative estimate of drug-likeness (QED) is 0.590. The van der Waals surface area contributed by atoms with E-state index in [-0.39, 0.29) is 24.9 Å². The van der Waals surface area contributed by atoms with E-state index in [0.717, 1.165) is 18.5 Å². The summed E-state index contributed by atoms with van der Waals surface area (Å²) in [7, 11) is 0. The minimum atomic E-state index is -5.19. The molecule has 0 aliphatic carbocycles. The monoisotopic (exact) mass is 420 g/mol. The minimum absolute atomic E-state index is 0.0141. The van der Waals surface area contributed by atoms with Crippen molar-refractivity contribution in [3.8, 4) is 0 Å². The molecule has 29 heavy (non-hydrogen) atoms. The Kier molecular flexibility index (Phi) is 12.3. The standard InChI is InChI=1S/C17H26N2O3.C2HF3O2/c1-3-12-19(4-2)17(21)15(18)10-11-16(20)22-13-14-8-6-5-7-9-14;3-2(4,5)1(6)7/h5-9,15H,3-4,10-13,18H2,1-2H3;(H,6,7)/t15-;/m1./s1. The van der Waals surface area contributed by atoms with E-state index in [1.54, 1.807) is 4.90 Å². The zero-order valence-corrected chi connectivity index (χ0v) is 16.5. The number of rotatable bonds is 9. The van der Waals surface area contributed by atoms with Crippen LogP contribution >= 0.6 is 0 Å². The van der Waals surface area contributed by atoms with E-state index in [2.05, 4.69) is 5.73 Å². The summed E-state index contributed by atoms with van der Waals surface area (Å²) >= 11 is 0. The van der Waals surface area contributed by atoms with Gasteiger partial charge in [0, 0.05) is 19.5 Å². The first-order chi connectivity index (χ1) is 13.5. The Morgan fingerprint density at radius 1 is 1.17 bits per heavy atom. The van der Waals surface area contributed by atoms with Crippen molar-refractivity contribution >= 4 is 17.8 Å². The molecule has 1 aromatic carbocycles. The van der Waals surface area contributed by atoms with Crippen LogP contribution in [0.15, 0.2) is 30.3 Å². The lowest BCUT2D eigenvalue weighted by Gasteiger charge is -2.21. The number of quaternary nitrogens is 1. The van der Waals surface area contributed by atoms with E-state index < -0.39 is 18.2 Å². The predicted molar refractivity (Wildman–Crippen MR) is 95.8 cm³/mol. The van der Waals surface area contributed by atoms with Crippen LogP contribution in [-0.4, -0.2) is 48.1 Å². The van der Waals surface area contributed by atoms with Gasteiger partial charge >= 0.3 is 12.1 Å². The largest absolute Gasteiger partial charge is 0.542 e. The van der Waals surface area contributed by atoms with Crippen LogP contribution in [0, 0.1) is 0 Å². The Bertz CT molecular complexity index is 638. The molecule has 0 radical (unpaired) electrons. The molecule has 0 unspecified atom stereocenters. The highest BCUT2D eigenvalue weighted by atomic mass is 19.4. The molecule has 0 fully saturated rings. The van der Waals surface area contributed by atoms with E-state index in [1.165, 1.54) is 0 Å². The van der Waals surface area contributed by atoms with Crippen molar-refractivity contribution < 1.29 is 43.1 Å². The molecule has 10 heteroatoms. The highest BCUT2D eigenvalue weighted by Crippen LogP contribution is 2.11. The summed E-state index contributed by atoms with van der Waals surface area (Å²) in [6.45, 7) is 5.67. The summed E-state index contributed by atoms with van der Waals surface area (Å²) in [5.74, 6) is -3.28. The molecule has 1 aromatic rings. The SMILES string of the molecule is CCCN(CC)C(=O)[C@H]([NH3+])CCC(=O)OCc1ccccc1.O=C([O-])C(F)(F)F. The summed E-state index contributed by atoms with van der Waals surface area (Å²) in [6, 6.07) is 9.15. The molecule has 0 saturated heterocycles. The number of carbonyl (C=O) groups excluding carboxylic acids is 3. The van der Waals surface area contributed by atoms with Gasteiger partial charge in [-0.3, -0.25) is 9.59 Å². The van der Waals surface area contributed by atoms with Crippen LogP contribution in [0.5, 0.6) is 0 Å². The van der Waals surface area contributed by atoms with Crippen LogP contribution in [0.1, 0.15) is 38.7 Å². The number of esters is 1. The molecule has 0 aliphatic rings. The molecule has 1 rings (SSSR count). The van der Waals surface area contributed by atoms with E-state index in [0.29, 0.717) is 13.0 Å². The lowest BCUT2D eigenvalue weighted by molar-refractivity contribution is -0.407. The Morgan fingerprint density at radius 3 is 2.17 bits per heavy atom. The Morgan fingerprint density at radius 2 is 1.72 bits per heavy atom. The van der Waals surface area contributed by atoms with Crippen molar-refractivity contribution in [3.05, 3.63) is 35.9 Å². The lowest BCUT2D eigenvalue weighted by Crippen LogP contribution is -2.68. The number of hydrogen-bond acceptors (Lipinski definition) is 5. The Labute approximate surface area is 167 Å². The van der Waals surface area contributed by atoms with Gasteiger partial charge in [-0.15, -0.1) is 0 Å². The number of alkyl halides is 3. The maximum atomic E-state index is 12.2. The van der Waals surface area contributed by atoms with Gasteiger partial charge in [0.05, 0.1) is 6.42 Å². The molecule has 0 aromatic heterocycles. The van der Waals surface area contributed by atoms with E-state index >= 15 is 0 Å². The van der Waals surface area contributed by atoms with Gasteiger partial charge < -0.3 is 25.3 Å². The number of likely N-dealkylation sites (N-methyl/N-ethyl adjacent to an activating group) is 1. The number of halogens is 3. The van der Waals surface area contributed by atoms with Gasteiger partial charge in [0.25, 0.3) is 5.91 Å². The predicted octanol–water partition coefficient (Wildman–Crippen LogP) is 0.678. The molecule has 0 heterocycles. The zero-order valence-electron chi connectivity index (χ0n) is 16.5. The fourth-order valence-corrected chi connectivity index (χ4v) is 2.18. The fourth-order valence-electron chi connectivity index (χ4n) is 2.18. The number of amides is 1. The number of carboxylic acids is 1. The summed E-state index contributed by atoms with van der Waals surface area (Å²) in [5.41, 5.74) is 4.84. The average Bonchev–Trinajstić information content (AvgIpc) is 2.68. The Hall–Kier alpha value is -2.62. The third-order valence-corrected chi connectivity index (χ3v) is 3.71. The second-order valence-electron chi connectivity index (χ2n) is 6.09. The van der Waals surface area contributed by atoms with Gasteiger partial charge in [0.2, 0.25) is 0 Å². The number of aliphatic carboxylic acids is 1. The second-order valence-corrected chi connectivity index (χ2v) is 6.09. The first kappa shape index (κ1) is 26.4. The molecule has 1 amide bonds. The lowest BCUT2D eigenvalue weighted by atomic mass is 10.1. The number of carboxylic acid groups (broad SMARTS) is 1. The van der Waals surface area contributed by atoms with Crippen molar-refractivity contribution in [3.63, 3.8) is 0 Å². The van der Waals surface area contributed by atoms with Gasteiger partial charge in [0.1, 0.15) is 12.6 Å². The Balaban J connectivity index is 0.000000956. The van der Waals surface area contributed by atoms with Crippen molar-refractivity contribution in [2.45, 2.75) is 51.9 Å². The maximum absolute atomic E-state index is 12.2. The second kappa shape index (κ2) is 13.5. The van der Waals surface area contributed by atoms with Gasteiger partial charge in [-0.05, 0) is 18.9 Å². The normalized spacial score (nSPS) is 11.7. The highest BCUT2D eigenvalue weighted by molar-refractivity contribution is 5.81. The van der Waals surface area contributed by atoms with Crippen LogP contribution in [-0.2, 0) is 25.7 Å². The number of hydrogen-bond donors (Lipinski definition) is 1. The van der Waals surface area contributed by atoms with E-state index in [4.69, 9.17) is 14.6 Å². The highest BCUT2D eigenvalue weighted by Gasteiger charge is 2.28. The molecule has 0 spiro atoms. The smallest absolute Gasteiger partial charge is 0.430 e. The average molecular weight is 420 g/mol. The zero-order chi connectivity index (χ0) is 22.4. The van der Waals surface area contributed by atoms with Crippen LogP contribution in [0.2, 0.25) is 0 Å². The fraction of sp³-hybridized carbons (Fsp3) is 0.526.